The predicted octanol–water partition coefficient (Wildman–Crippen LogP) is 5.86. The zero-order valence-electron chi connectivity index (χ0n) is 40.7. The Balaban J connectivity index is 0.00000315. The van der Waals surface area contributed by atoms with Crippen molar-refractivity contribution in [3.05, 3.63) is 84.1 Å². The number of cyclic esters (lactones) is 1. The molecule has 4 aromatic rings. The maximum atomic E-state index is 14.7. The second-order valence-electron chi connectivity index (χ2n) is 18.8. The molecule has 0 spiro atoms. The number of hydrazine groups is 1. The maximum Gasteiger partial charge on any atom is 0.324 e. The summed E-state index contributed by atoms with van der Waals surface area (Å²) < 4.78 is 14.0. The highest BCUT2D eigenvalue weighted by Crippen LogP contribution is 2.41. The molecule has 2 fully saturated rings. The van der Waals surface area contributed by atoms with Crippen LogP contribution in [0, 0.1) is 17.3 Å². The van der Waals surface area contributed by atoms with Crippen molar-refractivity contribution < 1.29 is 38.6 Å². The van der Waals surface area contributed by atoms with Crippen molar-refractivity contribution >= 4 is 94.5 Å². The molecule has 69 heavy (non-hydrogen) atoms. The molecule has 0 aliphatic carbocycles. The van der Waals surface area contributed by atoms with E-state index in [1.807, 2.05) is 38.1 Å². The van der Waals surface area contributed by atoms with Gasteiger partial charge < -0.3 is 34.3 Å². The fourth-order valence-electron chi connectivity index (χ4n) is 9.80. The fraction of sp³-hybridized carbons (Fsp3) is 0.480. The summed E-state index contributed by atoms with van der Waals surface area (Å²) >= 11 is 0. The van der Waals surface area contributed by atoms with E-state index in [9.17, 15) is 29.1 Å². The minimum absolute atomic E-state index is 0. The lowest BCUT2D eigenvalue weighted by Gasteiger charge is -2.37. The number of rotatable bonds is 10. The zero-order valence-corrected chi connectivity index (χ0v) is 44.7. The highest BCUT2D eigenvalue weighted by atomic mass is 32.1. The van der Waals surface area contributed by atoms with Gasteiger partial charge in [0.05, 0.1) is 30.5 Å². The SMILES string of the molecule is C=CC(=O)N1CC[C@H](C(=O)N(C)[C@H](C(=O)N[C@H]2Cc3cc(O)cc(c3)-c3ccc4c(c3)c(c(-c3ncccc3COC)n4CC)CC(C)(C)COC(=O)[C@@H]3CCCN(N3)C2=O)C(C)C)C1.S.S.S.S. The van der Waals surface area contributed by atoms with Gasteiger partial charge in [-0.3, -0.25) is 34.0 Å². The van der Waals surface area contributed by atoms with Crippen LogP contribution in [0.5, 0.6) is 5.75 Å². The number of aromatic nitrogens is 2. The number of methoxy groups -OCH3 is 1. The Kier molecular flexibility index (Phi) is 21.2. The van der Waals surface area contributed by atoms with Crippen LogP contribution in [0.15, 0.2) is 67.4 Å². The molecule has 2 aromatic heterocycles. The van der Waals surface area contributed by atoms with Crippen molar-refractivity contribution in [2.75, 3.05) is 40.4 Å². The fourth-order valence-corrected chi connectivity index (χ4v) is 9.80. The molecular weight excluding hydrogens is 955 g/mol. The zero-order chi connectivity index (χ0) is 46.7. The van der Waals surface area contributed by atoms with Crippen molar-refractivity contribution in [3.8, 4) is 28.3 Å². The number of esters is 1. The van der Waals surface area contributed by atoms with Gasteiger partial charge in [-0.2, -0.15) is 54.0 Å². The number of ether oxygens (including phenoxy) is 2. The van der Waals surface area contributed by atoms with Crippen molar-refractivity contribution in [3.63, 3.8) is 0 Å². The van der Waals surface area contributed by atoms with Crippen LogP contribution in [0.2, 0.25) is 0 Å². The Bertz CT molecular complexity index is 2500. The average Bonchev–Trinajstić information content (AvgIpc) is 3.90. The lowest BCUT2D eigenvalue weighted by molar-refractivity contribution is -0.155. The van der Waals surface area contributed by atoms with Crippen molar-refractivity contribution in [2.45, 2.75) is 98.0 Å². The van der Waals surface area contributed by atoms with Crippen LogP contribution in [0.25, 0.3) is 33.4 Å². The summed E-state index contributed by atoms with van der Waals surface area (Å²) in [4.78, 5) is 77.2. The number of phenolic OH excluding ortho intramolecular Hbond substituents is 1. The standard InChI is InChI=1S/C50H63N7O8.4H2S/c1-9-42(59)55-20-17-33(27-55)47(61)54(7)44(30(3)4)46(60)52-40-23-31-21-35(24-36(58)22-31)32-15-16-41-37(25-32)38(45(56(41)10-2)43-34(28-64-8)13-11-18-51-43)26-50(5,6)29-65-49(63)39-14-12-19-57(53-39)48(40)62;;;;/h9,11,13,15-16,18,21-22,24-25,30,33,39-40,44,53,58H,1,10,12,14,17,19-20,23,26-29H2,2-8H3,(H,52,60);4*1H2/t33-,39-,40-,44-;;;;/m0..../s1. The summed E-state index contributed by atoms with van der Waals surface area (Å²) in [6.45, 7) is 15.5. The number of carbonyl (C=O) groups is 5. The average molecular weight is 1030 g/mol. The minimum Gasteiger partial charge on any atom is -0.508 e. The molecule has 3 N–H and O–H groups in total. The number of likely N-dealkylation sites (tertiary alicyclic amines) is 1. The first kappa shape index (κ1) is 58.7. The Labute approximate surface area is 433 Å². The highest BCUT2D eigenvalue weighted by molar-refractivity contribution is 7.59. The molecule has 0 saturated carbocycles. The van der Waals surface area contributed by atoms with Crippen LogP contribution in [0.4, 0.5) is 0 Å². The lowest BCUT2D eigenvalue weighted by Crippen LogP contribution is -2.62. The first-order chi connectivity index (χ1) is 31.0. The number of hydrogen-bond acceptors (Lipinski definition) is 10. The number of amides is 4. The van der Waals surface area contributed by atoms with Gasteiger partial charge in [0.1, 0.15) is 23.9 Å². The molecular formula is C50H71N7O8S4. The number of hydrogen-bond donors (Lipinski definition) is 3. The Morgan fingerprint density at radius 3 is 2.48 bits per heavy atom. The molecule has 3 aliphatic rings. The van der Waals surface area contributed by atoms with Crippen molar-refractivity contribution in [1.29, 1.82) is 0 Å². The van der Waals surface area contributed by atoms with Crippen LogP contribution < -0.4 is 10.7 Å². The van der Waals surface area contributed by atoms with E-state index in [-0.39, 0.29) is 104 Å². The Morgan fingerprint density at radius 2 is 1.80 bits per heavy atom. The largest absolute Gasteiger partial charge is 0.508 e. The summed E-state index contributed by atoms with van der Waals surface area (Å²) in [6, 6.07) is 12.4. The van der Waals surface area contributed by atoms with Gasteiger partial charge in [0.15, 0.2) is 0 Å². The normalized spacial score (nSPS) is 19.4. The quantitative estimate of drug-likeness (QED) is 0.129. The van der Waals surface area contributed by atoms with Gasteiger partial charge in [-0.05, 0) is 97.2 Å². The van der Waals surface area contributed by atoms with Gasteiger partial charge in [-0.15, -0.1) is 0 Å². The number of aryl methyl sites for hydroxylation is 1. The second kappa shape index (κ2) is 24.9. The Hall–Kier alpha value is -4.66. The summed E-state index contributed by atoms with van der Waals surface area (Å²) in [5, 5.41) is 16.7. The van der Waals surface area contributed by atoms with Gasteiger partial charge in [-0.25, -0.2) is 5.43 Å². The lowest BCUT2D eigenvalue weighted by atomic mass is 9.84. The number of likely N-dealkylation sites (N-methyl/N-ethyl adjacent to an activating group) is 1. The van der Waals surface area contributed by atoms with Crippen LogP contribution >= 0.6 is 54.0 Å². The van der Waals surface area contributed by atoms with Crippen LogP contribution in [0.1, 0.15) is 70.6 Å². The maximum absolute atomic E-state index is 14.7. The van der Waals surface area contributed by atoms with Crippen LogP contribution in [-0.4, -0.2) is 118 Å². The number of nitrogens with zero attached hydrogens (tertiary/aromatic N) is 5. The molecule has 4 atom stereocenters. The van der Waals surface area contributed by atoms with E-state index in [4.69, 9.17) is 14.5 Å². The third-order valence-electron chi connectivity index (χ3n) is 13.0. The molecule has 19 heteroatoms. The van der Waals surface area contributed by atoms with E-state index >= 15 is 0 Å². The number of benzene rings is 2. The predicted molar refractivity (Wildman–Crippen MR) is 288 cm³/mol. The summed E-state index contributed by atoms with van der Waals surface area (Å²) in [5.41, 5.74) is 9.43. The topological polar surface area (TPSA) is 176 Å². The number of pyridine rings is 1. The number of nitrogens with one attached hydrogen (secondary N) is 2. The molecule has 0 unspecified atom stereocenters. The van der Waals surface area contributed by atoms with E-state index in [2.05, 4.69) is 54.8 Å². The molecule has 15 nitrogen and oxygen atoms in total. The minimum atomic E-state index is -1.16. The van der Waals surface area contributed by atoms with Gasteiger partial charge in [0.2, 0.25) is 17.7 Å². The van der Waals surface area contributed by atoms with E-state index in [1.54, 1.807) is 37.4 Å². The molecule has 5 heterocycles. The molecule has 4 amide bonds. The number of carbonyl (C=O) groups excluding carboxylic acids is 5. The molecule has 0 radical (unpaired) electrons. The highest BCUT2D eigenvalue weighted by Gasteiger charge is 2.40. The number of fused-ring (bicyclic) bond motifs is 6. The first-order valence-electron chi connectivity index (χ1n) is 22.7. The van der Waals surface area contributed by atoms with Gasteiger partial charge >= 0.3 is 5.97 Å². The van der Waals surface area contributed by atoms with Gasteiger partial charge in [0.25, 0.3) is 5.91 Å². The summed E-state index contributed by atoms with van der Waals surface area (Å²) in [7, 11) is 3.24. The third-order valence-corrected chi connectivity index (χ3v) is 13.0. The number of aromatic hydroxyl groups is 1. The van der Waals surface area contributed by atoms with Gasteiger partial charge in [-0.1, -0.05) is 52.5 Å². The second-order valence-corrected chi connectivity index (χ2v) is 18.8. The molecule has 2 aromatic carbocycles. The van der Waals surface area contributed by atoms with Crippen LogP contribution in [-0.2, 0) is 59.4 Å². The monoisotopic (exact) mass is 1030 g/mol. The Morgan fingerprint density at radius 1 is 1.06 bits per heavy atom. The van der Waals surface area contributed by atoms with Crippen molar-refractivity contribution in [1.82, 2.24) is 35.1 Å². The van der Waals surface area contributed by atoms with E-state index in [0.717, 1.165) is 39.0 Å². The third kappa shape index (κ3) is 12.8. The molecule has 6 bridgehead atoms. The molecule has 378 valence electrons. The van der Waals surface area contributed by atoms with Crippen LogP contribution in [0.3, 0.4) is 0 Å². The summed E-state index contributed by atoms with van der Waals surface area (Å²) in [5.74, 6) is -2.87. The number of phenols is 1. The van der Waals surface area contributed by atoms with E-state index in [0.29, 0.717) is 56.5 Å². The van der Waals surface area contributed by atoms with Crippen molar-refractivity contribution in [2.24, 2.45) is 17.3 Å². The van der Waals surface area contributed by atoms with E-state index < -0.39 is 47.2 Å². The smallest absolute Gasteiger partial charge is 0.324 e. The molecule has 3 aliphatic heterocycles. The summed E-state index contributed by atoms with van der Waals surface area (Å²) in [6.07, 6.45) is 4.94. The van der Waals surface area contributed by atoms with Gasteiger partial charge in [0, 0.05) is 74.8 Å². The first-order valence-corrected chi connectivity index (χ1v) is 22.7. The molecule has 7 rings (SSSR count). The van der Waals surface area contributed by atoms with E-state index in [1.165, 1.54) is 16.0 Å². The molecule has 2 saturated heterocycles.